The van der Waals surface area contributed by atoms with Crippen LogP contribution in [0.2, 0.25) is 0 Å². The Kier molecular flexibility index (Phi) is 3.74. The molecule has 0 saturated heterocycles. The number of hydrogen-bond acceptors (Lipinski definition) is 3. The van der Waals surface area contributed by atoms with Gasteiger partial charge in [-0.05, 0) is 39.2 Å². The Bertz CT molecular complexity index is 283. The molecule has 0 aromatic carbocycles. The van der Waals surface area contributed by atoms with Gasteiger partial charge in [0.2, 0.25) is 0 Å². The Hall–Kier alpha value is -1.25. The summed E-state index contributed by atoms with van der Waals surface area (Å²) in [5.74, 6) is 0.311. The van der Waals surface area contributed by atoms with Crippen LogP contribution in [-0.2, 0) is 9.53 Å². The number of carbonyl (C=O) groups is 1. The van der Waals surface area contributed by atoms with Crippen molar-refractivity contribution in [3.05, 3.63) is 23.2 Å². The van der Waals surface area contributed by atoms with E-state index in [9.17, 15) is 4.79 Å². The average molecular weight is 196 g/mol. The summed E-state index contributed by atoms with van der Waals surface area (Å²) in [5, 5.41) is 9.08. The molecule has 78 valence electrons. The SMILES string of the molecule is CC(O)=C(C)C(=O)OC1=CCCCC1. The molecule has 1 aliphatic carbocycles. The molecule has 0 saturated carbocycles. The third kappa shape index (κ3) is 2.91. The zero-order valence-corrected chi connectivity index (χ0v) is 8.67. The Balaban J connectivity index is 2.56. The fraction of sp³-hybridized carbons (Fsp3) is 0.545. The molecule has 0 aliphatic heterocycles. The van der Waals surface area contributed by atoms with Crippen molar-refractivity contribution < 1.29 is 14.6 Å². The molecule has 0 aromatic rings. The van der Waals surface area contributed by atoms with Crippen LogP contribution in [0.15, 0.2) is 23.2 Å². The first-order valence-electron chi connectivity index (χ1n) is 4.89. The van der Waals surface area contributed by atoms with Crippen LogP contribution in [0.25, 0.3) is 0 Å². The summed E-state index contributed by atoms with van der Waals surface area (Å²) in [5.41, 5.74) is 0.275. The summed E-state index contributed by atoms with van der Waals surface area (Å²) in [4.78, 5) is 11.4. The largest absolute Gasteiger partial charge is 0.512 e. The maximum Gasteiger partial charge on any atom is 0.342 e. The van der Waals surface area contributed by atoms with Crippen LogP contribution in [0.5, 0.6) is 0 Å². The van der Waals surface area contributed by atoms with Gasteiger partial charge in [-0.25, -0.2) is 4.79 Å². The van der Waals surface area contributed by atoms with E-state index >= 15 is 0 Å². The lowest BCUT2D eigenvalue weighted by molar-refractivity contribution is -0.135. The molecule has 0 atom stereocenters. The number of allylic oxidation sites excluding steroid dienone is 3. The van der Waals surface area contributed by atoms with Gasteiger partial charge in [-0.15, -0.1) is 0 Å². The van der Waals surface area contributed by atoms with E-state index in [0.717, 1.165) is 31.4 Å². The maximum absolute atomic E-state index is 11.4. The standard InChI is InChI=1S/C11H16O3/c1-8(9(2)12)11(13)14-10-6-4-3-5-7-10/h6,12H,3-5,7H2,1-2H3. The maximum atomic E-state index is 11.4. The molecule has 0 radical (unpaired) electrons. The quantitative estimate of drug-likeness (QED) is 0.419. The number of carbonyl (C=O) groups excluding carboxylic acids is 1. The smallest absolute Gasteiger partial charge is 0.342 e. The molecule has 0 bridgehead atoms. The molecule has 0 fully saturated rings. The van der Waals surface area contributed by atoms with Crippen molar-refractivity contribution in [3.8, 4) is 0 Å². The van der Waals surface area contributed by atoms with Gasteiger partial charge < -0.3 is 9.84 Å². The van der Waals surface area contributed by atoms with Crippen molar-refractivity contribution in [3.63, 3.8) is 0 Å². The first kappa shape index (κ1) is 10.8. The number of ether oxygens (including phenoxy) is 1. The number of rotatable bonds is 2. The first-order valence-corrected chi connectivity index (χ1v) is 4.89. The van der Waals surface area contributed by atoms with Crippen LogP contribution in [0, 0.1) is 0 Å². The molecule has 0 heterocycles. The number of aliphatic hydroxyl groups is 1. The van der Waals surface area contributed by atoms with Crippen molar-refractivity contribution in [1.29, 1.82) is 0 Å². The lowest BCUT2D eigenvalue weighted by Crippen LogP contribution is -2.08. The van der Waals surface area contributed by atoms with Crippen LogP contribution in [-0.4, -0.2) is 11.1 Å². The Labute approximate surface area is 84.1 Å². The highest BCUT2D eigenvalue weighted by molar-refractivity contribution is 5.88. The highest BCUT2D eigenvalue weighted by Gasteiger charge is 2.13. The zero-order valence-electron chi connectivity index (χ0n) is 8.67. The van der Waals surface area contributed by atoms with Gasteiger partial charge >= 0.3 is 5.97 Å². The number of hydrogen-bond donors (Lipinski definition) is 1. The third-order valence-corrected chi connectivity index (χ3v) is 2.32. The molecular formula is C11H16O3. The van der Waals surface area contributed by atoms with Crippen LogP contribution >= 0.6 is 0 Å². The number of aliphatic hydroxyl groups excluding tert-OH is 1. The molecule has 1 rings (SSSR count). The van der Waals surface area contributed by atoms with Gasteiger partial charge in [-0.3, -0.25) is 0 Å². The topological polar surface area (TPSA) is 46.5 Å². The predicted molar refractivity (Wildman–Crippen MR) is 53.6 cm³/mol. The van der Waals surface area contributed by atoms with Gasteiger partial charge in [0, 0.05) is 6.42 Å². The molecular weight excluding hydrogens is 180 g/mol. The third-order valence-electron chi connectivity index (χ3n) is 2.32. The van der Waals surface area contributed by atoms with Gasteiger partial charge in [-0.1, -0.05) is 0 Å². The molecule has 1 aliphatic rings. The van der Waals surface area contributed by atoms with E-state index in [-0.39, 0.29) is 11.3 Å². The van der Waals surface area contributed by atoms with Gasteiger partial charge in [0.05, 0.1) is 11.3 Å². The minimum absolute atomic E-state index is 0.0198. The first-order chi connectivity index (χ1) is 6.61. The average Bonchev–Trinajstić information content (AvgIpc) is 2.18. The molecule has 0 amide bonds. The second kappa shape index (κ2) is 4.84. The summed E-state index contributed by atoms with van der Waals surface area (Å²) in [6.45, 7) is 3.03. The molecule has 0 aromatic heterocycles. The van der Waals surface area contributed by atoms with Gasteiger partial charge in [0.1, 0.15) is 5.76 Å². The minimum atomic E-state index is -0.446. The summed E-state index contributed by atoms with van der Waals surface area (Å²) in [6.07, 6.45) is 5.98. The van der Waals surface area contributed by atoms with E-state index in [4.69, 9.17) is 9.84 Å². The van der Waals surface area contributed by atoms with Crippen LogP contribution in [0.3, 0.4) is 0 Å². The molecule has 0 spiro atoms. The van der Waals surface area contributed by atoms with Gasteiger partial charge in [0.25, 0.3) is 0 Å². The normalized spacial score (nSPS) is 18.3. The Morgan fingerprint density at radius 2 is 2.14 bits per heavy atom. The van der Waals surface area contributed by atoms with Crippen molar-refractivity contribution in [2.24, 2.45) is 0 Å². The monoisotopic (exact) mass is 196 g/mol. The fourth-order valence-corrected chi connectivity index (χ4v) is 1.24. The molecule has 1 N–H and O–H groups in total. The summed E-state index contributed by atoms with van der Waals surface area (Å²) >= 11 is 0. The summed E-state index contributed by atoms with van der Waals surface area (Å²) in [7, 11) is 0. The van der Waals surface area contributed by atoms with Crippen molar-refractivity contribution in [2.75, 3.05) is 0 Å². The van der Waals surface area contributed by atoms with Gasteiger partial charge in [-0.2, -0.15) is 0 Å². The number of esters is 1. The second-order valence-electron chi connectivity index (χ2n) is 3.52. The summed E-state index contributed by atoms with van der Waals surface area (Å²) in [6, 6.07) is 0. The zero-order chi connectivity index (χ0) is 10.6. The van der Waals surface area contributed by atoms with E-state index in [1.165, 1.54) is 6.92 Å². The van der Waals surface area contributed by atoms with Crippen molar-refractivity contribution in [2.45, 2.75) is 39.5 Å². The van der Waals surface area contributed by atoms with E-state index in [0.29, 0.717) is 0 Å². The summed E-state index contributed by atoms with van der Waals surface area (Å²) < 4.78 is 5.12. The predicted octanol–water partition coefficient (Wildman–Crippen LogP) is 2.84. The van der Waals surface area contributed by atoms with Crippen molar-refractivity contribution >= 4 is 5.97 Å². The Morgan fingerprint density at radius 3 is 2.64 bits per heavy atom. The molecule has 3 heteroatoms. The lowest BCUT2D eigenvalue weighted by Gasteiger charge is -2.12. The molecule has 3 nitrogen and oxygen atoms in total. The van der Waals surface area contributed by atoms with E-state index in [1.54, 1.807) is 6.92 Å². The van der Waals surface area contributed by atoms with Crippen LogP contribution in [0.4, 0.5) is 0 Å². The van der Waals surface area contributed by atoms with E-state index in [2.05, 4.69) is 0 Å². The second-order valence-corrected chi connectivity index (χ2v) is 3.52. The van der Waals surface area contributed by atoms with E-state index in [1.807, 2.05) is 6.08 Å². The van der Waals surface area contributed by atoms with Crippen molar-refractivity contribution in [1.82, 2.24) is 0 Å². The minimum Gasteiger partial charge on any atom is -0.512 e. The van der Waals surface area contributed by atoms with E-state index < -0.39 is 5.97 Å². The molecule has 0 unspecified atom stereocenters. The molecule has 14 heavy (non-hydrogen) atoms. The van der Waals surface area contributed by atoms with Gasteiger partial charge in [0.15, 0.2) is 0 Å². The van der Waals surface area contributed by atoms with Crippen LogP contribution < -0.4 is 0 Å². The Morgan fingerprint density at radius 1 is 1.43 bits per heavy atom. The lowest BCUT2D eigenvalue weighted by atomic mass is 10.1. The fourth-order valence-electron chi connectivity index (χ4n) is 1.24. The highest BCUT2D eigenvalue weighted by atomic mass is 16.5. The van der Waals surface area contributed by atoms with Crippen LogP contribution in [0.1, 0.15) is 39.5 Å². The highest BCUT2D eigenvalue weighted by Crippen LogP contribution is 2.19.